The van der Waals surface area contributed by atoms with Crippen molar-refractivity contribution in [2.24, 2.45) is 5.10 Å². The monoisotopic (exact) mass is 420 g/mol. The Morgan fingerprint density at radius 3 is 2.13 bits per heavy atom. The van der Waals surface area contributed by atoms with Gasteiger partial charge in [-0.25, -0.2) is 0 Å². The average Bonchev–Trinajstić information content (AvgIpc) is 2.77. The Bertz CT molecular complexity index is 1150. The van der Waals surface area contributed by atoms with Crippen LogP contribution in [0.1, 0.15) is 23.6 Å². The van der Waals surface area contributed by atoms with Gasteiger partial charge >= 0.3 is 0 Å². The van der Waals surface area contributed by atoms with Crippen LogP contribution in [0.25, 0.3) is 5.57 Å². The number of allylic oxidation sites excluding steroid dienone is 2. The number of methoxy groups -OCH3 is 1. The van der Waals surface area contributed by atoms with Crippen LogP contribution < -0.4 is 9.57 Å². The fourth-order valence-electron chi connectivity index (χ4n) is 2.81. The van der Waals surface area contributed by atoms with Crippen molar-refractivity contribution >= 4 is 21.3 Å². The molecule has 0 aliphatic rings. The highest BCUT2D eigenvalue weighted by molar-refractivity contribution is 7.89. The highest BCUT2D eigenvalue weighted by Gasteiger charge is 2.13. The van der Waals surface area contributed by atoms with Crippen molar-refractivity contribution in [1.29, 1.82) is 0 Å². The van der Waals surface area contributed by atoms with Gasteiger partial charge in [-0.3, -0.25) is 0 Å². The molecule has 1 N–H and O–H groups in total. The fourth-order valence-corrected chi connectivity index (χ4v) is 3.63. The molecule has 0 spiro atoms. The van der Waals surface area contributed by atoms with E-state index in [1.807, 2.05) is 74.5 Å². The lowest BCUT2D eigenvalue weighted by molar-refractivity contribution is 0.415. The van der Waals surface area contributed by atoms with Gasteiger partial charge in [-0.05, 0) is 67.5 Å². The summed E-state index contributed by atoms with van der Waals surface area (Å²) in [6.45, 7) is 3.86. The predicted octanol–water partition coefficient (Wildman–Crippen LogP) is 4.79. The molecule has 3 aromatic rings. The van der Waals surface area contributed by atoms with E-state index in [0.717, 1.165) is 22.3 Å². The third-order valence-corrected chi connectivity index (χ3v) is 5.81. The number of nitrogens with zero attached hydrogens (tertiary/aromatic N) is 1. The summed E-state index contributed by atoms with van der Waals surface area (Å²) in [6.07, 6.45) is 1.86. The molecule has 0 fully saturated rings. The summed E-state index contributed by atoms with van der Waals surface area (Å²) in [6, 6.07) is 23.8. The van der Waals surface area contributed by atoms with Crippen molar-refractivity contribution in [2.45, 2.75) is 18.7 Å². The molecular weight excluding hydrogens is 396 g/mol. The molecule has 154 valence electrons. The second kappa shape index (κ2) is 9.41. The maximum absolute atomic E-state index is 12.7. The zero-order chi connectivity index (χ0) is 21.6. The van der Waals surface area contributed by atoms with E-state index < -0.39 is 10.0 Å². The van der Waals surface area contributed by atoms with Gasteiger partial charge < -0.3 is 4.74 Å². The summed E-state index contributed by atoms with van der Waals surface area (Å²) in [5.74, 6) is 0.710. The first-order valence-electron chi connectivity index (χ1n) is 9.43. The van der Waals surface area contributed by atoms with Crippen molar-refractivity contribution < 1.29 is 13.2 Å². The van der Waals surface area contributed by atoms with Crippen molar-refractivity contribution in [3.63, 3.8) is 0 Å². The molecule has 3 rings (SSSR count). The SMILES string of the molecule is COc1ccc(C(/C=C(\C)c2ccccc2)=N/NS(=O)(=O)c2ccc(C)cc2)cc1. The minimum atomic E-state index is -3.78. The molecule has 0 atom stereocenters. The van der Waals surface area contributed by atoms with Gasteiger partial charge in [-0.15, -0.1) is 0 Å². The number of hydrogen-bond donors (Lipinski definition) is 1. The summed E-state index contributed by atoms with van der Waals surface area (Å²) in [7, 11) is -2.19. The number of sulfonamides is 1. The van der Waals surface area contributed by atoms with Gasteiger partial charge in [0.25, 0.3) is 10.0 Å². The van der Waals surface area contributed by atoms with Crippen LogP contribution in [0.5, 0.6) is 5.75 Å². The summed E-state index contributed by atoms with van der Waals surface area (Å²) in [4.78, 5) is 2.52. The molecule has 3 aromatic carbocycles. The van der Waals surface area contributed by atoms with E-state index in [4.69, 9.17) is 4.74 Å². The van der Waals surface area contributed by atoms with Crippen molar-refractivity contribution in [3.05, 3.63) is 102 Å². The molecule has 0 amide bonds. The van der Waals surface area contributed by atoms with Gasteiger partial charge in [0.05, 0.1) is 17.7 Å². The van der Waals surface area contributed by atoms with Gasteiger partial charge in [-0.2, -0.15) is 18.4 Å². The Labute approximate surface area is 177 Å². The number of rotatable bonds is 7. The summed E-state index contributed by atoms with van der Waals surface area (Å²) >= 11 is 0. The quantitative estimate of drug-likeness (QED) is 0.441. The molecule has 0 aromatic heterocycles. The lowest BCUT2D eigenvalue weighted by Crippen LogP contribution is -2.20. The largest absolute Gasteiger partial charge is 0.497 e. The second-order valence-electron chi connectivity index (χ2n) is 6.83. The molecule has 6 heteroatoms. The molecule has 0 aliphatic heterocycles. The topological polar surface area (TPSA) is 67.8 Å². The highest BCUT2D eigenvalue weighted by Crippen LogP contribution is 2.18. The Morgan fingerprint density at radius 1 is 0.900 bits per heavy atom. The van der Waals surface area contributed by atoms with E-state index in [9.17, 15) is 8.42 Å². The maximum atomic E-state index is 12.7. The third kappa shape index (κ3) is 5.36. The molecule has 0 aliphatic carbocycles. The van der Waals surface area contributed by atoms with E-state index in [1.54, 1.807) is 31.4 Å². The lowest BCUT2D eigenvalue weighted by Gasteiger charge is -2.09. The van der Waals surface area contributed by atoms with Crippen molar-refractivity contribution in [3.8, 4) is 5.75 Å². The summed E-state index contributed by atoms with van der Waals surface area (Å²) in [5.41, 5.74) is 4.23. The maximum Gasteiger partial charge on any atom is 0.276 e. The first-order chi connectivity index (χ1) is 14.4. The molecule has 0 saturated heterocycles. The minimum Gasteiger partial charge on any atom is -0.497 e. The van der Waals surface area contributed by atoms with Crippen LogP contribution >= 0.6 is 0 Å². The van der Waals surface area contributed by atoms with Crippen LogP contribution in [0.15, 0.2) is 94.9 Å². The Hall–Kier alpha value is -3.38. The zero-order valence-corrected chi connectivity index (χ0v) is 18.0. The van der Waals surface area contributed by atoms with E-state index >= 15 is 0 Å². The number of benzene rings is 3. The third-order valence-electron chi connectivity index (χ3n) is 4.59. The number of hydrogen-bond acceptors (Lipinski definition) is 4. The molecule has 5 nitrogen and oxygen atoms in total. The summed E-state index contributed by atoms with van der Waals surface area (Å²) in [5, 5.41) is 4.25. The smallest absolute Gasteiger partial charge is 0.276 e. The highest BCUT2D eigenvalue weighted by atomic mass is 32.2. The van der Waals surface area contributed by atoms with Gasteiger partial charge in [0.15, 0.2) is 0 Å². The average molecular weight is 421 g/mol. The number of ether oxygens (including phenoxy) is 1. The first kappa shape index (κ1) is 21.3. The van der Waals surface area contributed by atoms with Crippen molar-refractivity contribution in [2.75, 3.05) is 7.11 Å². The van der Waals surface area contributed by atoms with E-state index in [2.05, 4.69) is 9.93 Å². The van der Waals surface area contributed by atoms with Gasteiger partial charge in [0, 0.05) is 5.56 Å². The van der Waals surface area contributed by atoms with Crippen LogP contribution in [0.4, 0.5) is 0 Å². The van der Waals surface area contributed by atoms with E-state index in [0.29, 0.717) is 11.5 Å². The van der Waals surface area contributed by atoms with Gasteiger partial charge in [0.2, 0.25) is 0 Å². The lowest BCUT2D eigenvalue weighted by atomic mass is 10.0. The van der Waals surface area contributed by atoms with Crippen LogP contribution in [0.3, 0.4) is 0 Å². The second-order valence-corrected chi connectivity index (χ2v) is 8.49. The first-order valence-corrected chi connectivity index (χ1v) is 10.9. The van der Waals surface area contributed by atoms with Crippen LogP contribution in [0, 0.1) is 6.92 Å². The van der Waals surface area contributed by atoms with Gasteiger partial charge in [-0.1, -0.05) is 48.0 Å². The number of aryl methyl sites for hydroxylation is 1. The Morgan fingerprint density at radius 2 is 1.53 bits per heavy atom. The van der Waals surface area contributed by atoms with E-state index in [-0.39, 0.29) is 4.90 Å². The number of nitrogens with one attached hydrogen (secondary N) is 1. The molecule has 0 unspecified atom stereocenters. The summed E-state index contributed by atoms with van der Waals surface area (Å²) < 4.78 is 30.6. The van der Waals surface area contributed by atoms with Crippen molar-refractivity contribution in [1.82, 2.24) is 4.83 Å². The molecule has 0 saturated carbocycles. The molecular formula is C24H24N2O3S. The molecule has 0 heterocycles. The predicted molar refractivity (Wildman–Crippen MR) is 121 cm³/mol. The fraction of sp³-hybridized carbons (Fsp3) is 0.125. The Balaban J connectivity index is 1.98. The van der Waals surface area contributed by atoms with Crippen LogP contribution in [-0.4, -0.2) is 21.2 Å². The molecule has 0 bridgehead atoms. The minimum absolute atomic E-state index is 0.162. The molecule has 30 heavy (non-hydrogen) atoms. The van der Waals surface area contributed by atoms with E-state index in [1.165, 1.54) is 0 Å². The zero-order valence-electron chi connectivity index (χ0n) is 17.2. The normalized spacial score (nSPS) is 12.5. The Kier molecular flexibility index (Phi) is 6.69. The standard InChI is InChI=1S/C24H24N2O3S/c1-18-9-15-23(16-10-18)30(27,28)26-25-24(21-11-13-22(29-3)14-12-21)17-19(2)20-7-5-4-6-8-20/h4-17,26H,1-3H3/b19-17+,25-24+. The molecule has 0 radical (unpaired) electrons. The number of hydrazone groups is 1. The van der Waals surface area contributed by atoms with Gasteiger partial charge in [0.1, 0.15) is 5.75 Å². The van der Waals surface area contributed by atoms with Crippen LogP contribution in [0.2, 0.25) is 0 Å². The van der Waals surface area contributed by atoms with Crippen LogP contribution in [-0.2, 0) is 10.0 Å².